The number of aliphatic hydroxyl groups excluding tert-OH is 1. The molecule has 0 amide bonds. The van der Waals surface area contributed by atoms with Crippen molar-refractivity contribution in [3.05, 3.63) is 0 Å². The van der Waals surface area contributed by atoms with Gasteiger partial charge in [0.25, 0.3) is 0 Å². The summed E-state index contributed by atoms with van der Waals surface area (Å²) in [4.78, 5) is 72.4. The third-order valence-corrected chi connectivity index (χ3v) is 17.6. The van der Waals surface area contributed by atoms with Gasteiger partial charge >= 0.3 is 39.5 Å². The van der Waals surface area contributed by atoms with Gasteiger partial charge in [-0.1, -0.05) is 292 Å². The van der Waals surface area contributed by atoms with Crippen LogP contribution < -0.4 is 0 Å². The van der Waals surface area contributed by atoms with Crippen molar-refractivity contribution in [3.8, 4) is 0 Å². The highest BCUT2D eigenvalue weighted by molar-refractivity contribution is 7.47. The lowest BCUT2D eigenvalue weighted by atomic mass is 10.0. The Morgan fingerprint density at radius 1 is 0.310 bits per heavy atom. The van der Waals surface area contributed by atoms with E-state index in [-0.39, 0.29) is 25.7 Å². The van der Waals surface area contributed by atoms with Crippen LogP contribution in [-0.4, -0.2) is 96.7 Å². The number of esters is 4. The van der Waals surface area contributed by atoms with E-state index in [1.807, 2.05) is 0 Å². The number of unbranched alkanes of at least 4 members (excludes halogenated alkanes) is 37. The van der Waals surface area contributed by atoms with Crippen LogP contribution in [0, 0.1) is 11.8 Å². The lowest BCUT2D eigenvalue weighted by Gasteiger charge is -2.21. The zero-order chi connectivity index (χ0) is 64.3. The van der Waals surface area contributed by atoms with Crippen molar-refractivity contribution in [3.63, 3.8) is 0 Å². The second-order valence-electron chi connectivity index (χ2n) is 25.5. The molecule has 3 N–H and O–H groups in total. The Labute approximate surface area is 530 Å². The third kappa shape index (κ3) is 62.6. The third-order valence-electron chi connectivity index (χ3n) is 15.7. The van der Waals surface area contributed by atoms with Gasteiger partial charge < -0.3 is 33.8 Å². The van der Waals surface area contributed by atoms with E-state index >= 15 is 0 Å². The largest absolute Gasteiger partial charge is 0.472 e. The fourth-order valence-electron chi connectivity index (χ4n) is 10.2. The van der Waals surface area contributed by atoms with Crippen molar-refractivity contribution in [1.82, 2.24) is 0 Å². The molecule has 0 aromatic rings. The lowest BCUT2D eigenvalue weighted by molar-refractivity contribution is -0.161. The molecular weight excluding hydrogens is 1150 g/mol. The zero-order valence-electron chi connectivity index (χ0n) is 56.3. The molecule has 0 bridgehead atoms. The molecule has 0 aliphatic rings. The van der Waals surface area contributed by atoms with Gasteiger partial charge in [-0.2, -0.15) is 0 Å². The molecule has 0 radical (unpaired) electrons. The van der Waals surface area contributed by atoms with Gasteiger partial charge in [-0.15, -0.1) is 0 Å². The van der Waals surface area contributed by atoms with Gasteiger partial charge in [-0.25, -0.2) is 9.13 Å². The number of phosphoric acid groups is 2. The molecule has 17 nitrogen and oxygen atoms in total. The molecule has 87 heavy (non-hydrogen) atoms. The summed E-state index contributed by atoms with van der Waals surface area (Å²) in [6, 6.07) is 0. The summed E-state index contributed by atoms with van der Waals surface area (Å²) < 4.78 is 68.1. The summed E-state index contributed by atoms with van der Waals surface area (Å²) in [7, 11) is -9.89. The molecule has 0 saturated heterocycles. The molecule has 2 unspecified atom stereocenters. The maximum atomic E-state index is 13.0. The normalized spacial score (nSPS) is 14.2. The number of ether oxygens (including phenoxy) is 4. The monoisotopic (exact) mass is 1280 g/mol. The number of rotatable bonds is 67. The van der Waals surface area contributed by atoms with E-state index in [0.29, 0.717) is 31.6 Å². The number of hydrogen-bond acceptors (Lipinski definition) is 15. The summed E-state index contributed by atoms with van der Waals surface area (Å²) in [5.41, 5.74) is 0. The quantitative estimate of drug-likeness (QED) is 0.0222. The number of phosphoric ester groups is 2. The SMILES string of the molecule is CCCCCCCCCCCCCCCC(=O)OC[C@H](COP(=O)(O)OC[C@@H](O)COP(=O)(O)OC[C@@H](COC(=O)CCCCCCCCC(C)C)OC(=O)CCCCCCCCCCCC)OC(=O)CCCCCCCCCCCCCCC(C)C. The first-order chi connectivity index (χ1) is 41.9. The standard InChI is InChI=1S/C68H132O17P2/c1-7-9-11-13-15-17-19-20-24-28-31-38-44-50-65(70)78-56-63(84-68(73)53-47-41-33-29-25-22-21-23-26-30-36-42-48-60(3)4)58-82-86(74,75)80-54-62(69)55-81-87(76,77)83-59-64(57-79-66(71)51-45-39-35-34-37-43-49-61(5)6)85-67(72)52-46-40-32-27-18-16-14-12-10-8-2/h60-64,69H,7-59H2,1-6H3,(H,74,75)(H,76,77)/t62-,63-,64-/m1/s1. The van der Waals surface area contributed by atoms with Crippen molar-refractivity contribution in [2.75, 3.05) is 39.6 Å². The van der Waals surface area contributed by atoms with Crippen LogP contribution in [0.1, 0.15) is 343 Å². The van der Waals surface area contributed by atoms with Crippen molar-refractivity contribution in [2.45, 2.75) is 362 Å². The van der Waals surface area contributed by atoms with Gasteiger partial charge in [0.2, 0.25) is 0 Å². The Kier molecular flexibility index (Phi) is 59.0. The minimum Gasteiger partial charge on any atom is -0.462 e. The molecule has 0 spiro atoms. The summed E-state index contributed by atoms with van der Waals surface area (Å²) in [6.45, 7) is 9.45. The van der Waals surface area contributed by atoms with E-state index in [1.165, 1.54) is 154 Å². The summed E-state index contributed by atoms with van der Waals surface area (Å²) in [5, 5.41) is 10.6. The topological polar surface area (TPSA) is 237 Å². The van der Waals surface area contributed by atoms with Gasteiger partial charge in [-0.05, 0) is 37.5 Å². The number of carbonyl (C=O) groups is 4. The van der Waals surface area contributed by atoms with Gasteiger partial charge in [0.1, 0.15) is 19.3 Å². The smallest absolute Gasteiger partial charge is 0.462 e. The van der Waals surface area contributed by atoms with Crippen LogP contribution in [0.2, 0.25) is 0 Å². The molecule has 0 aromatic heterocycles. The van der Waals surface area contributed by atoms with Crippen molar-refractivity contribution in [2.24, 2.45) is 11.8 Å². The predicted octanol–water partition coefficient (Wildman–Crippen LogP) is 19.2. The summed E-state index contributed by atoms with van der Waals surface area (Å²) in [5.74, 6) is -0.671. The second kappa shape index (κ2) is 60.3. The van der Waals surface area contributed by atoms with Crippen LogP contribution in [0.5, 0.6) is 0 Å². The summed E-state index contributed by atoms with van der Waals surface area (Å²) in [6.07, 6.45) is 44.5. The molecule has 0 fully saturated rings. The van der Waals surface area contributed by atoms with E-state index in [0.717, 1.165) is 102 Å². The molecule has 0 saturated carbocycles. The highest BCUT2D eigenvalue weighted by Crippen LogP contribution is 2.45. The van der Waals surface area contributed by atoms with Crippen LogP contribution in [0.3, 0.4) is 0 Å². The Balaban J connectivity index is 5.23. The molecule has 0 rings (SSSR count). The summed E-state index contributed by atoms with van der Waals surface area (Å²) >= 11 is 0. The Morgan fingerprint density at radius 2 is 0.529 bits per heavy atom. The van der Waals surface area contributed by atoms with Crippen molar-refractivity contribution >= 4 is 39.5 Å². The van der Waals surface area contributed by atoms with E-state index in [2.05, 4.69) is 41.5 Å². The van der Waals surface area contributed by atoms with Gasteiger partial charge in [-0.3, -0.25) is 37.3 Å². The second-order valence-corrected chi connectivity index (χ2v) is 28.4. The molecular formula is C68H132O17P2. The number of aliphatic hydroxyl groups is 1. The molecule has 516 valence electrons. The fourth-order valence-corrected chi connectivity index (χ4v) is 11.8. The minimum atomic E-state index is -4.95. The van der Waals surface area contributed by atoms with Gasteiger partial charge in [0.15, 0.2) is 12.2 Å². The van der Waals surface area contributed by atoms with Crippen LogP contribution >= 0.6 is 15.6 Å². The highest BCUT2D eigenvalue weighted by atomic mass is 31.2. The predicted molar refractivity (Wildman–Crippen MR) is 349 cm³/mol. The molecule has 0 aliphatic carbocycles. The van der Waals surface area contributed by atoms with E-state index in [4.69, 9.17) is 37.0 Å². The van der Waals surface area contributed by atoms with Crippen molar-refractivity contribution < 1.29 is 80.2 Å². The van der Waals surface area contributed by atoms with E-state index < -0.39 is 97.5 Å². The Bertz CT molecular complexity index is 1700. The first kappa shape index (κ1) is 85.1. The average Bonchev–Trinajstić information content (AvgIpc) is 3.70. The Morgan fingerprint density at radius 3 is 0.782 bits per heavy atom. The number of hydrogen-bond donors (Lipinski definition) is 3. The van der Waals surface area contributed by atoms with E-state index in [1.54, 1.807) is 0 Å². The lowest BCUT2D eigenvalue weighted by Crippen LogP contribution is -2.30. The minimum absolute atomic E-state index is 0.105. The van der Waals surface area contributed by atoms with E-state index in [9.17, 15) is 43.2 Å². The molecule has 0 aliphatic heterocycles. The maximum absolute atomic E-state index is 13.0. The molecule has 5 atom stereocenters. The first-order valence-corrected chi connectivity index (χ1v) is 38.5. The first-order valence-electron chi connectivity index (χ1n) is 35.5. The van der Waals surface area contributed by atoms with Gasteiger partial charge in [0.05, 0.1) is 26.4 Å². The number of carbonyl (C=O) groups excluding carboxylic acids is 4. The average molecular weight is 1280 g/mol. The molecule has 0 heterocycles. The molecule has 0 aromatic carbocycles. The Hall–Kier alpha value is -1.94. The zero-order valence-corrected chi connectivity index (χ0v) is 58.1. The van der Waals surface area contributed by atoms with Gasteiger partial charge in [0, 0.05) is 25.7 Å². The van der Waals surface area contributed by atoms with Crippen LogP contribution in [-0.2, 0) is 65.4 Å². The van der Waals surface area contributed by atoms with Crippen LogP contribution in [0.15, 0.2) is 0 Å². The maximum Gasteiger partial charge on any atom is 0.472 e. The van der Waals surface area contributed by atoms with Crippen molar-refractivity contribution in [1.29, 1.82) is 0 Å². The fraction of sp³-hybridized carbons (Fsp3) is 0.941. The molecule has 19 heteroatoms. The van der Waals surface area contributed by atoms with Crippen LogP contribution in [0.25, 0.3) is 0 Å². The highest BCUT2D eigenvalue weighted by Gasteiger charge is 2.30. The van der Waals surface area contributed by atoms with Crippen LogP contribution in [0.4, 0.5) is 0 Å².